The molecular weight excluding hydrogens is 402 g/mol. The van der Waals surface area contributed by atoms with Crippen LogP contribution < -0.4 is 9.64 Å². The fourth-order valence-corrected chi connectivity index (χ4v) is 4.51. The Kier molecular flexibility index (Phi) is 4.49. The lowest BCUT2D eigenvalue weighted by Crippen LogP contribution is -2.29. The van der Waals surface area contributed by atoms with Gasteiger partial charge in [-0.05, 0) is 43.5 Å². The van der Waals surface area contributed by atoms with Gasteiger partial charge in [-0.15, -0.1) is 0 Å². The number of pyridine rings is 3. The van der Waals surface area contributed by atoms with Crippen molar-refractivity contribution in [2.45, 2.75) is 19.3 Å². The summed E-state index contributed by atoms with van der Waals surface area (Å²) in [6.45, 7) is 2.18. The lowest BCUT2D eigenvalue weighted by molar-refractivity contribution is 0.413. The van der Waals surface area contributed by atoms with Gasteiger partial charge in [-0.1, -0.05) is 0 Å². The van der Waals surface area contributed by atoms with Crippen LogP contribution in [0.15, 0.2) is 49.1 Å². The first-order valence-electron chi connectivity index (χ1n) is 10.9. The molecule has 0 bridgehead atoms. The molecule has 160 valence electrons. The van der Waals surface area contributed by atoms with Crippen LogP contribution in [0.25, 0.3) is 44.6 Å². The summed E-state index contributed by atoms with van der Waals surface area (Å²) in [6, 6.07) is 8.31. The van der Waals surface area contributed by atoms with Crippen molar-refractivity contribution in [2.75, 3.05) is 25.1 Å². The topological polar surface area (TPSA) is 95.6 Å². The lowest BCUT2D eigenvalue weighted by Gasteiger charge is -2.29. The van der Waals surface area contributed by atoms with E-state index in [1.54, 1.807) is 13.3 Å². The standard InChI is InChI=1S/C24H23N7O/c1-32-17-9-15(12-25-14-17)16-10-19-22(29-30-24(19)27-13-16)20-11-18-21(5-6-26-23(18)28-20)31-7-3-2-4-8-31/h5-6,9-14H,2-4,7-8H2,1H3,(H,26,28)(H,27,29,30). The zero-order valence-electron chi connectivity index (χ0n) is 17.8. The van der Waals surface area contributed by atoms with Gasteiger partial charge in [-0.2, -0.15) is 5.10 Å². The van der Waals surface area contributed by atoms with Crippen LogP contribution in [-0.2, 0) is 0 Å². The van der Waals surface area contributed by atoms with Crippen LogP contribution in [0.1, 0.15) is 19.3 Å². The number of fused-ring (bicyclic) bond motifs is 2. The van der Waals surface area contributed by atoms with E-state index in [4.69, 9.17) is 4.74 Å². The molecule has 6 rings (SSSR count). The molecule has 6 heterocycles. The number of hydrogen-bond donors (Lipinski definition) is 2. The number of aromatic nitrogens is 6. The Morgan fingerprint density at radius 1 is 0.906 bits per heavy atom. The van der Waals surface area contributed by atoms with Crippen LogP contribution in [0.3, 0.4) is 0 Å². The van der Waals surface area contributed by atoms with Crippen LogP contribution in [-0.4, -0.2) is 50.3 Å². The number of anilines is 1. The molecule has 1 aliphatic heterocycles. The Labute approximate surface area is 184 Å². The quantitative estimate of drug-likeness (QED) is 0.438. The second kappa shape index (κ2) is 7.64. The Morgan fingerprint density at radius 3 is 2.66 bits per heavy atom. The molecule has 0 radical (unpaired) electrons. The number of nitrogens with zero attached hydrogens (tertiary/aromatic N) is 5. The van der Waals surface area contributed by atoms with E-state index in [0.29, 0.717) is 5.75 Å². The van der Waals surface area contributed by atoms with E-state index >= 15 is 0 Å². The van der Waals surface area contributed by atoms with E-state index < -0.39 is 0 Å². The SMILES string of the molecule is COc1cncc(-c2cnc3[nH]nc(-c4cc5c(N6CCCCC6)ccnc5[nH]4)c3c2)c1. The van der Waals surface area contributed by atoms with Crippen LogP contribution in [0, 0.1) is 0 Å². The van der Waals surface area contributed by atoms with Gasteiger partial charge in [0.05, 0.1) is 19.0 Å². The number of piperidine rings is 1. The van der Waals surface area contributed by atoms with Crippen molar-refractivity contribution in [3.63, 3.8) is 0 Å². The Balaban J connectivity index is 1.45. The molecule has 2 N–H and O–H groups in total. The molecule has 32 heavy (non-hydrogen) atoms. The highest BCUT2D eigenvalue weighted by Gasteiger charge is 2.18. The minimum absolute atomic E-state index is 0.710. The van der Waals surface area contributed by atoms with Gasteiger partial charge >= 0.3 is 0 Å². The summed E-state index contributed by atoms with van der Waals surface area (Å²) in [7, 11) is 1.64. The van der Waals surface area contributed by atoms with E-state index in [9.17, 15) is 0 Å². The van der Waals surface area contributed by atoms with Crippen molar-refractivity contribution in [1.29, 1.82) is 0 Å². The van der Waals surface area contributed by atoms with Crippen molar-refractivity contribution >= 4 is 27.8 Å². The van der Waals surface area contributed by atoms with E-state index in [0.717, 1.165) is 57.7 Å². The lowest BCUT2D eigenvalue weighted by atomic mass is 10.1. The predicted molar refractivity (Wildman–Crippen MR) is 125 cm³/mol. The number of ether oxygens (including phenoxy) is 1. The van der Waals surface area contributed by atoms with Gasteiger partial charge in [-0.3, -0.25) is 10.1 Å². The van der Waals surface area contributed by atoms with Crippen LogP contribution in [0.5, 0.6) is 5.75 Å². The van der Waals surface area contributed by atoms with Crippen molar-refractivity contribution in [3.05, 3.63) is 49.1 Å². The minimum atomic E-state index is 0.710. The van der Waals surface area contributed by atoms with Gasteiger partial charge in [-0.25, -0.2) is 9.97 Å². The van der Waals surface area contributed by atoms with Crippen LogP contribution in [0.4, 0.5) is 5.69 Å². The van der Waals surface area contributed by atoms with E-state index in [1.807, 2.05) is 24.7 Å². The maximum Gasteiger partial charge on any atom is 0.155 e. The largest absolute Gasteiger partial charge is 0.495 e. The number of rotatable bonds is 4. The Morgan fingerprint density at radius 2 is 1.78 bits per heavy atom. The molecule has 1 saturated heterocycles. The van der Waals surface area contributed by atoms with Crippen LogP contribution >= 0.6 is 0 Å². The number of aromatic amines is 2. The molecule has 8 heteroatoms. The van der Waals surface area contributed by atoms with Gasteiger partial charge in [0.2, 0.25) is 0 Å². The van der Waals surface area contributed by atoms with Crippen molar-refractivity contribution in [2.24, 2.45) is 0 Å². The summed E-state index contributed by atoms with van der Waals surface area (Å²) in [5, 5.41) is 9.70. The highest BCUT2D eigenvalue weighted by Crippen LogP contribution is 2.34. The van der Waals surface area contributed by atoms with Crippen molar-refractivity contribution in [1.82, 2.24) is 30.1 Å². The van der Waals surface area contributed by atoms with Gasteiger partial charge in [0.1, 0.15) is 17.1 Å². The molecule has 1 fully saturated rings. The Hall–Kier alpha value is -3.94. The maximum atomic E-state index is 5.32. The molecule has 0 spiro atoms. The summed E-state index contributed by atoms with van der Waals surface area (Å²) < 4.78 is 5.32. The first-order valence-corrected chi connectivity index (χ1v) is 10.9. The highest BCUT2D eigenvalue weighted by molar-refractivity contribution is 5.98. The zero-order valence-corrected chi connectivity index (χ0v) is 17.8. The van der Waals surface area contributed by atoms with E-state index in [1.165, 1.54) is 24.9 Å². The molecule has 0 saturated carbocycles. The molecule has 1 aliphatic rings. The zero-order chi connectivity index (χ0) is 21.5. The minimum Gasteiger partial charge on any atom is -0.495 e. The molecule has 0 atom stereocenters. The fraction of sp³-hybridized carbons (Fsp3) is 0.250. The second-order valence-electron chi connectivity index (χ2n) is 8.13. The summed E-state index contributed by atoms with van der Waals surface area (Å²) in [6.07, 6.45) is 11.0. The van der Waals surface area contributed by atoms with E-state index in [-0.39, 0.29) is 0 Å². The number of hydrogen-bond acceptors (Lipinski definition) is 6. The van der Waals surface area contributed by atoms with Crippen LogP contribution in [0.2, 0.25) is 0 Å². The normalized spacial score (nSPS) is 14.3. The summed E-state index contributed by atoms with van der Waals surface area (Å²) >= 11 is 0. The second-order valence-corrected chi connectivity index (χ2v) is 8.13. The van der Waals surface area contributed by atoms with Gasteiger partial charge in [0.25, 0.3) is 0 Å². The third-order valence-corrected chi connectivity index (χ3v) is 6.16. The third kappa shape index (κ3) is 3.15. The van der Waals surface area contributed by atoms with E-state index in [2.05, 4.69) is 53.2 Å². The molecule has 5 aromatic rings. The average molecular weight is 425 g/mol. The first-order chi connectivity index (χ1) is 15.8. The van der Waals surface area contributed by atoms with Crippen molar-refractivity contribution in [3.8, 4) is 28.3 Å². The third-order valence-electron chi connectivity index (χ3n) is 6.16. The molecule has 5 aromatic heterocycles. The summed E-state index contributed by atoms with van der Waals surface area (Å²) in [5.41, 5.74) is 6.49. The smallest absolute Gasteiger partial charge is 0.155 e. The maximum absolute atomic E-state index is 5.32. The summed E-state index contributed by atoms with van der Waals surface area (Å²) in [4.78, 5) is 19.3. The highest BCUT2D eigenvalue weighted by atomic mass is 16.5. The predicted octanol–water partition coefficient (Wildman–Crippen LogP) is 4.56. The molecule has 0 aliphatic carbocycles. The molecule has 0 aromatic carbocycles. The van der Waals surface area contributed by atoms with Gasteiger partial charge in [0.15, 0.2) is 5.65 Å². The number of methoxy groups -OCH3 is 1. The summed E-state index contributed by atoms with van der Waals surface area (Å²) in [5.74, 6) is 0.710. The molecule has 0 amide bonds. The molecule has 8 nitrogen and oxygen atoms in total. The first kappa shape index (κ1) is 18.8. The monoisotopic (exact) mass is 425 g/mol. The van der Waals surface area contributed by atoms with Gasteiger partial charge in [0, 0.05) is 59.3 Å². The average Bonchev–Trinajstić information content (AvgIpc) is 3.48. The van der Waals surface area contributed by atoms with Crippen molar-refractivity contribution < 1.29 is 4.74 Å². The molecular formula is C24H23N7O. The fourth-order valence-electron chi connectivity index (χ4n) is 4.51. The Bertz CT molecular complexity index is 1410. The molecule has 0 unspecified atom stereocenters. The number of H-pyrrole nitrogens is 2. The van der Waals surface area contributed by atoms with Gasteiger partial charge < -0.3 is 14.6 Å². The number of nitrogens with one attached hydrogen (secondary N) is 2.